The molecule has 3 heteroatoms. The summed E-state index contributed by atoms with van der Waals surface area (Å²) in [6.45, 7) is 5.02. The van der Waals surface area contributed by atoms with Crippen molar-refractivity contribution in [2.24, 2.45) is 5.73 Å². The second kappa shape index (κ2) is 9.97. The molecule has 0 aliphatic heterocycles. The SMILES string of the molecule is C=C/C=C(\C=C/COC)C(CCN)c1ccc(OC)cc1. The van der Waals surface area contributed by atoms with Gasteiger partial charge < -0.3 is 15.2 Å². The van der Waals surface area contributed by atoms with E-state index in [9.17, 15) is 0 Å². The molecule has 2 N–H and O–H groups in total. The fourth-order valence-electron chi connectivity index (χ4n) is 2.23. The van der Waals surface area contributed by atoms with Gasteiger partial charge >= 0.3 is 0 Å². The van der Waals surface area contributed by atoms with Crippen LogP contribution < -0.4 is 10.5 Å². The molecule has 0 aliphatic carbocycles. The number of rotatable bonds is 9. The lowest BCUT2D eigenvalue weighted by molar-refractivity contribution is 0.234. The maximum atomic E-state index is 5.79. The average molecular weight is 287 g/mol. The molecule has 0 saturated heterocycles. The minimum absolute atomic E-state index is 0.243. The zero-order chi connectivity index (χ0) is 15.5. The Hall–Kier alpha value is -1.84. The molecule has 0 heterocycles. The van der Waals surface area contributed by atoms with E-state index in [2.05, 4.69) is 24.8 Å². The Kier molecular flexibility index (Phi) is 8.17. The summed E-state index contributed by atoms with van der Waals surface area (Å²) in [6, 6.07) is 8.12. The van der Waals surface area contributed by atoms with Gasteiger partial charge in [-0.25, -0.2) is 0 Å². The summed E-state index contributed by atoms with van der Waals surface area (Å²) in [6.07, 6.45) is 8.79. The minimum Gasteiger partial charge on any atom is -0.497 e. The molecule has 0 bridgehead atoms. The Labute approximate surface area is 127 Å². The quantitative estimate of drug-likeness (QED) is 0.708. The van der Waals surface area contributed by atoms with Gasteiger partial charge in [-0.1, -0.05) is 43.0 Å². The number of hydrogen-bond donors (Lipinski definition) is 1. The van der Waals surface area contributed by atoms with Gasteiger partial charge in [-0.2, -0.15) is 0 Å². The van der Waals surface area contributed by atoms with Crippen molar-refractivity contribution in [3.63, 3.8) is 0 Å². The van der Waals surface area contributed by atoms with Crippen LogP contribution in [0, 0.1) is 0 Å². The Morgan fingerprint density at radius 1 is 1.29 bits per heavy atom. The average Bonchev–Trinajstić information content (AvgIpc) is 2.52. The molecule has 21 heavy (non-hydrogen) atoms. The summed E-state index contributed by atoms with van der Waals surface area (Å²) in [5.74, 6) is 1.10. The number of hydrogen-bond acceptors (Lipinski definition) is 3. The lowest BCUT2D eigenvalue weighted by Gasteiger charge is -2.18. The highest BCUT2D eigenvalue weighted by Crippen LogP contribution is 2.29. The Morgan fingerprint density at radius 2 is 2.00 bits per heavy atom. The van der Waals surface area contributed by atoms with E-state index in [1.807, 2.05) is 24.3 Å². The Morgan fingerprint density at radius 3 is 2.52 bits per heavy atom. The largest absolute Gasteiger partial charge is 0.497 e. The van der Waals surface area contributed by atoms with Crippen LogP contribution in [0.2, 0.25) is 0 Å². The van der Waals surface area contributed by atoms with Crippen molar-refractivity contribution >= 4 is 0 Å². The predicted molar refractivity (Wildman–Crippen MR) is 88.7 cm³/mol. The van der Waals surface area contributed by atoms with Crippen LogP contribution in [0.25, 0.3) is 0 Å². The van der Waals surface area contributed by atoms with Gasteiger partial charge in [-0.3, -0.25) is 0 Å². The van der Waals surface area contributed by atoms with Gasteiger partial charge in [0.05, 0.1) is 13.7 Å². The highest BCUT2D eigenvalue weighted by atomic mass is 16.5. The Balaban J connectivity index is 3.04. The number of methoxy groups -OCH3 is 2. The highest BCUT2D eigenvalue weighted by molar-refractivity contribution is 5.39. The fraction of sp³-hybridized carbons (Fsp3) is 0.333. The zero-order valence-electron chi connectivity index (χ0n) is 12.9. The van der Waals surface area contributed by atoms with E-state index in [0.29, 0.717) is 13.2 Å². The first-order valence-electron chi connectivity index (χ1n) is 7.09. The molecule has 0 fully saturated rings. The third-order valence-corrected chi connectivity index (χ3v) is 3.26. The monoisotopic (exact) mass is 287 g/mol. The summed E-state index contributed by atoms with van der Waals surface area (Å²) in [5, 5.41) is 0. The molecule has 0 radical (unpaired) electrons. The second-order valence-corrected chi connectivity index (χ2v) is 4.66. The van der Waals surface area contributed by atoms with Crippen molar-refractivity contribution in [1.29, 1.82) is 0 Å². The van der Waals surface area contributed by atoms with Crippen molar-refractivity contribution in [2.45, 2.75) is 12.3 Å². The van der Waals surface area contributed by atoms with Crippen LogP contribution in [-0.4, -0.2) is 27.4 Å². The first kappa shape index (κ1) is 17.2. The van der Waals surface area contributed by atoms with Gasteiger partial charge in [0.1, 0.15) is 5.75 Å². The van der Waals surface area contributed by atoms with E-state index in [0.717, 1.165) is 12.2 Å². The van der Waals surface area contributed by atoms with Gasteiger partial charge in [0.2, 0.25) is 0 Å². The summed E-state index contributed by atoms with van der Waals surface area (Å²) >= 11 is 0. The third-order valence-electron chi connectivity index (χ3n) is 3.26. The highest BCUT2D eigenvalue weighted by Gasteiger charge is 2.14. The molecule has 0 aliphatic rings. The number of nitrogens with two attached hydrogens (primary N) is 1. The maximum absolute atomic E-state index is 5.79. The fourth-order valence-corrected chi connectivity index (χ4v) is 2.23. The molecule has 0 saturated carbocycles. The number of ether oxygens (including phenoxy) is 2. The van der Waals surface area contributed by atoms with Crippen LogP contribution in [-0.2, 0) is 4.74 Å². The lowest BCUT2D eigenvalue weighted by atomic mass is 9.87. The molecular weight excluding hydrogens is 262 g/mol. The van der Waals surface area contributed by atoms with E-state index in [-0.39, 0.29) is 5.92 Å². The number of allylic oxidation sites excluding steroid dienone is 4. The Bertz CT molecular complexity index is 474. The van der Waals surface area contributed by atoms with Crippen LogP contribution in [0.4, 0.5) is 0 Å². The van der Waals surface area contributed by atoms with E-state index >= 15 is 0 Å². The van der Waals surface area contributed by atoms with Crippen molar-refractivity contribution in [2.75, 3.05) is 27.4 Å². The summed E-state index contributed by atoms with van der Waals surface area (Å²) in [5.41, 5.74) is 8.18. The first-order chi connectivity index (χ1) is 10.3. The predicted octanol–water partition coefficient (Wildman–Crippen LogP) is 3.44. The van der Waals surface area contributed by atoms with E-state index < -0.39 is 0 Å². The van der Waals surface area contributed by atoms with Crippen molar-refractivity contribution < 1.29 is 9.47 Å². The van der Waals surface area contributed by atoms with Crippen molar-refractivity contribution in [1.82, 2.24) is 0 Å². The topological polar surface area (TPSA) is 44.5 Å². The lowest BCUT2D eigenvalue weighted by Crippen LogP contribution is -2.09. The van der Waals surface area contributed by atoms with Gasteiger partial charge in [0.15, 0.2) is 0 Å². The van der Waals surface area contributed by atoms with Crippen LogP contribution in [0.5, 0.6) is 5.75 Å². The number of benzene rings is 1. The molecule has 1 rings (SSSR count). The summed E-state index contributed by atoms with van der Waals surface area (Å²) in [4.78, 5) is 0. The normalized spacial score (nSPS) is 13.4. The second-order valence-electron chi connectivity index (χ2n) is 4.66. The standard InChI is InChI=1S/C18H25NO2/c1-4-6-15(7-5-14-20-2)18(12-13-19)16-8-10-17(21-3)11-9-16/h4-11,18H,1,12-14,19H2,2-3H3/b7-5-,15-6+. The summed E-state index contributed by atoms with van der Waals surface area (Å²) in [7, 11) is 3.35. The van der Waals surface area contributed by atoms with E-state index in [1.165, 1.54) is 11.1 Å². The molecule has 114 valence electrons. The summed E-state index contributed by atoms with van der Waals surface area (Å²) < 4.78 is 10.3. The van der Waals surface area contributed by atoms with E-state index in [4.69, 9.17) is 15.2 Å². The molecule has 3 nitrogen and oxygen atoms in total. The van der Waals surface area contributed by atoms with Crippen LogP contribution in [0.3, 0.4) is 0 Å². The van der Waals surface area contributed by atoms with Gasteiger partial charge in [0, 0.05) is 13.0 Å². The molecular formula is C18H25NO2. The van der Waals surface area contributed by atoms with E-state index in [1.54, 1.807) is 20.3 Å². The van der Waals surface area contributed by atoms with Gasteiger partial charge in [0.25, 0.3) is 0 Å². The van der Waals surface area contributed by atoms with Crippen molar-refractivity contribution in [3.8, 4) is 5.75 Å². The minimum atomic E-state index is 0.243. The molecule has 0 aromatic heterocycles. The van der Waals surface area contributed by atoms with Crippen molar-refractivity contribution in [3.05, 3.63) is 66.3 Å². The van der Waals surface area contributed by atoms with Crippen LogP contribution in [0.15, 0.2) is 60.7 Å². The van der Waals surface area contributed by atoms with Gasteiger partial charge in [-0.05, 0) is 36.2 Å². The molecule has 1 aromatic carbocycles. The maximum Gasteiger partial charge on any atom is 0.118 e. The van der Waals surface area contributed by atoms with Gasteiger partial charge in [-0.15, -0.1) is 0 Å². The molecule has 0 amide bonds. The van der Waals surface area contributed by atoms with Crippen LogP contribution >= 0.6 is 0 Å². The zero-order valence-corrected chi connectivity index (χ0v) is 12.9. The molecule has 0 spiro atoms. The molecule has 1 unspecified atom stereocenters. The smallest absolute Gasteiger partial charge is 0.118 e. The molecule has 1 atom stereocenters. The van der Waals surface area contributed by atoms with Crippen LogP contribution in [0.1, 0.15) is 17.9 Å². The molecule has 1 aromatic rings. The third kappa shape index (κ3) is 5.58. The first-order valence-corrected chi connectivity index (χ1v) is 7.09.